The Bertz CT molecular complexity index is 826. The molecule has 0 aliphatic carbocycles. The molecule has 0 unspecified atom stereocenters. The molecule has 0 saturated carbocycles. The maximum absolute atomic E-state index is 13.9. The van der Waals surface area contributed by atoms with Crippen LogP contribution >= 0.6 is 0 Å². The first-order chi connectivity index (χ1) is 13.0. The highest BCUT2D eigenvalue weighted by Crippen LogP contribution is 2.21. The number of nitrogens with zero attached hydrogens (tertiary/aromatic N) is 1. The molecular weight excluding hydrogens is 370 g/mol. The highest BCUT2D eigenvalue weighted by Gasteiger charge is 2.36. The molecule has 0 radical (unpaired) electrons. The van der Waals surface area contributed by atoms with Crippen molar-refractivity contribution in [3.63, 3.8) is 0 Å². The van der Waals surface area contributed by atoms with Crippen molar-refractivity contribution in [1.82, 2.24) is 10.2 Å². The van der Waals surface area contributed by atoms with Crippen LogP contribution in [-0.4, -0.2) is 52.9 Å². The number of rotatable bonds is 4. The van der Waals surface area contributed by atoms with Gasteiger partial charge in [-0.25, -0.2) is 18.4 Å². The Labute approximate surface area is 162 Å². The second-order valence-electron chi connectivity index (χ2n) is 7.67. The number of β-amino-alcohol motifs (C(OH)–C–C–N with tert-alkyl or cyclic N) is 1. The molecular formula is C20H24F2N2O4. The molecule has 152 valence electrons. The Balaban J connectivity index is 2.09. The molecule has 1 aromatic carbocycles. The van der Waals surface area contributed by atoms with Crippen LogP contribution in [0.3, 0.4) is 0 Å². The van der Waals surface area contributed by atoms with E-state index in [9.17, 15) is 23.5 Å². The Morgan fingerprint density at radius 3 is 2.64 bits per heavy atom. The predicted octanol–water partition coefficient (Wildman–Crippen LogP) is 2.65. The van der Waals surface area contributed by atoms with E-state index in [2.05, 4.69) is 5.32 Å². The molecule has 1 aliphatic heterocycles. The number of amides is 1. The smallest absolute Gasteiger partial charge is 0.410 e. The largest absolute Gasteiger partial charge is 0.444 e. The SMILES string of the molecule is C/C(=C\C(=C=O)c1cc(F)ccc1F)N[C@H]1CN(C(=O)OC(C)(C)C)C[C@@H]1O. The Morgan fingerprint density at radius 2 is 2.04 bits per heavy atom. The molecule has 28 heavy (non-hydrogen) atoms. The van der Waals surface area contributed by atoms with Crippen LogP contribution in [0.5, 0.6) is 0 Å². The van der Waals surface area contributed by atoms with Gasteiger partial charge in [0.05, 0.1) is 24.3 Å². The van der Waals surface area contributed by atoms with E-state index in [-0.39, 0.29) is 24.2 Å². The number of likely N-dealkylation sites (tertiary alicyclic amines) is 1. The predicted molar refractivity (Wildman–Crippen MR) is 100.0 cm³/mol. The van der Waals surface area contributed by atoms with Crippen molar-refractivity contribution in [2.45, 2.75) is 45.4 Å². The van der Waals surface area contributed by atoms with E-state index in [0.29, 0.717) is 5.70 Å². The minimum Gasteiger partial charge on any atom is -0.444 e. The number of aliphatic hydroxyl groups excluding tert-OH is 1. The summed E-state index contributed by atoms with van der Waals surface area (Å²) < 4.78 is 32.5. The first-order valence-corrected chi connectivity index (χ1v) is 8.81. The molecule has 0 aromatic heterocycles. The number of carbonyl (C=O) groups is 1. The van der Waals surface area contributed by atoms with Gasteiger partial charge in [0.2, 0.25) is 0 Å². The van der Waals surface area contributed by atoms with Gasteiger partial charge in [-0.05, 0) is 52.0 Å². The number of nitrogens with one attached hydrogen (secondary N) is 1. The molecule has 2 atom stereocenters. The molecule has 6 nitrogen and oxygen atoms in total. The molecule has 8 heteroatoms. The van der Waals surface area contributed by atoms with Crippen molar-refractivity contribution < 1.29 is 28.2 Å². The van der Waals surface area contributed by atoms with Gasteiger partial charge >= 0.3 is 6.09 Å². The molecule has 0 bridgehead atoms. The fraction of sp³-hybridized carbons (Fsp3) is 0.450. The zero-order valence-corrected chi connectivity index (χ0v) is 16.3. The lowest BCUT2D eigenvalue weighted by Gasteiger charge is -2.24. The number of hydrogen-bond acceptors (Lipinski definition) is 5. The van der Waals surface area contributed by atoms with Gasteiger partial charge in [-0.3, -0.25) is 0 Å². The first-order valence-electron chi connectivity index (χ1n) is 8.81. The maximum atomic E-state index is 13.9. The number of ether oxygens (including phenoxy) is 1. The van der Waals surface area contributed by atoms with Crippen molar-refractivity contribution in [3.05, 3.63) is 47.2 Å². The second kappa shape index (κ2) is 8.54. The summed E-state index contributed by atoms with van der Waals surface area (Å²) in [5.74, 6) is 0.175. The highest BCUT2D eigenvalue weighted by molar-refractivity contribution is 5.93. The second-order valence-corrected chi connectivity index (χ2v) is 7.67. The number of aliphatic hydroxyl groups is 1. The first kappa shape index (κ1) is 21.6. The van der Waals surface area contributed by atoms with Crippen molar-refractivity contribution in [2.75, 3.05) is 13.1 Å². The zero-order valence-electron chi connectivity index (χ0n) is 16.3. The van der Waals surface area contributed by atoms with Gasteiger partial charge in [-0.1, -0.05) is 0 Å². The average molecular weight is 394 g/mol. The summed E-state index contributed by atoms with van der Waals surface area (Å²) >= 11 is 0. The van der Waals surface area contributed by atoms with Crippen LogP contribution in [0.15, 0.2) is 30.0 Å². The minimum absolute atomic E-state index is 0.0920. The van der Waals surface area contributed by atoms with E-state index in [4.69, 9.17) is 4.74 Å². The van der Waals surface area contributed by atoms with Crippen LogP contribution in [0.2, 0.25) is 0 Å². The van der Waals surface area contributed by atoms with E-state index in [1.54, 1.807) is 33.6 Å². The third kappa shape index (κ3) is 5.65. The van der Waals surface area contributed by atoms with E-state index in [1.165, 1.54) is 11.0 Å². The number of allylic oxidation sites excluding steroid dienone is 3. The molecule has 1 amide bonds. The van der Waals surface area contributed by atoms with Crippen LogP contribution in [0.1, 0.15) is 33.3 Å². The lowest BCUT2D eigenvalue weighted by atomic mass is 10.1. The van der Waals surface area contributed by atoms with Crippen molar-refractivity contribution in [1.29, 1.82) is 0 Å². The fourth-order valence-electron chi connectivity index (χ4n) is 2.82. The van der Waals surface area contributed by atoms with Crippen molar-refractivity contribution in [2.24, 2.45) is 0 Å². The van der Waals surface area contributed by atoms with Gasteiger partial charge in [0, 0.05) is 17.8 Å². The number of halogens is 2. The molecule has 1 fully saturated rings. The van der Waals surface area contributed by atoms with E-state index in [0.717, 1.165) is 18.2 Å². The van der Waals surface area contributed by atoms with Gasteiger partial charge in [-0.2, -0.15) is 0 Å². The minimum atomic E-state index is -0.856. The average Bonchev–Trinajstić information content (AvgIpc) is 2.94. The van der Waals surface area contributed by atoms with E-state index >= 15 is 0 Å². The fourth-order valence-corrected chi connectivity index (χ4v) is 2.82. The number of benzene rings is 1. The summed E-state index contributed by atoms with van der Waals surface area (Å²) in [6.45, 7) is 7.14. The lowest BCUT2D eigenvalue weighted by Crippen LogP contribution is -2.39. The lowest BCUT2D eigenvalue weighted by molar-refractivity contribution is 0.0270. The van der Waals surface area contributed by atoms with Crippen LogP contribution in [0, 0.1) is 11.6 Å². The van der Waals surface area contributed by atoms with Gasteiger partial charge in [-0.15, -0.1) is 0 Å². The summed E-state index contributed by atoms with van der Waals surface area (Å²) in [7, 11) is 0. The molecule has 1 saturated heterocycles. The number of hydrogen-bond donors (Lipinski definition) is 2. The van der Waals surface area contributed by atoms with Gasteiger partial charge < -0.3 is 20.1 Å². The summed E-state index contributed by atoms with van der Waals surface area (Å²) in [6, 6.07) is 2.29. The number of carbonyl (C=O) groups excluding carboxylic acids is 2. The van der Waals surface area contributed by atoms with Crippen molar-refractivity contribution >= 4 is 17.6 Å². The summed E-state index contributed by atoms with van der Waals surface area (Å²) in [5, 5.41) is 13.2. The van der Waals surface area contributed by atoms with Gasteiger partial charge in [0.15, 0.2) is 0 Å². The van der Waals surface area contributed by atoms with Gasteiger partial charge in [0.1, 0.15) is 23.2 Å². The van der Waals surface area contributed by atoms with Crippen LogP contribution < -0.4 is 5.32 Å². The van der Waals surface area contributed by atoms with Crippen LogP contribution in [0.4, 0.5) is 13.6 Å². The molecule has 0 spiro atoms. The van der Waals surface area contributed by atoms with Crippen LogP contribution in [-0.2, 0) is 9.53 Å². The third-order valence-corrected chi connectivity index (χ3v) is 4.04. The maximum Gasteiger partial charge on any atom is 0.410 e. The Morgan fingerprint density at radius 1 is 1.36 bits per heavy atom. The molecule has 1 aliphatic rings. The third-order valence-electron chi connectivity index (χ3n) is 4.04. The van der Waals surface area contributed by atoms with Crippen LogP contribution in [0.25, 0.3) is 5.57 Å². The summed E-state index contributed by atoms with van der Waals surface area (Å²) in [4.78, 5) is 24.8. The quantitative estimate of drug-likeness (QED) is 0.606. The Hall–Kier alpha value is -2.70. The normalized spacial score (nSPS) is 20.0. The monoisotopic (exact) mass is 394 g/mol. The summed E-state index contributed by atoms with van der Waals surface area (Å²) in [6.07, 6.45) is -0.0773. The highest BCUT2D eigenvalue weighted by atomic mass is 19.1. The molecule has 2 N–H and O–H groups in total. The van der Waals surface area contributed by atoms with E-state index in [1.807, 2.05) is 0 Å². The zero-order chi connectivity index (χ0) is 21.1. The van der Waals surface area contributed by atoms with Gasteiger partial charge in [0.25, 0.3) is 0 Å². The standard InChI is InChI=1S/C20H24F2N2O4/c1-12(7-13(11-25)15-8-14(21)5-6-16(15)22)23-17-9-24(10-18(17)26)19(27)28-20(2,3)4/h5-8,17-18,23,26H,9-10H2,1-4H3/b12-7+/t17-,18-/m0/s1. The molecule has 1 aromatic rings. The summed E-state index contributed by atoms with van der Waals surface area (Å²) in [5.41, 5.74) is -0.601. The Kier molecular flexibility index (Phi) is 6.59. The van der Waals surface area contributed by atoms with E-state index < -0.39 is 35.5 Å². The molecule has 1 heterocycles. The molecule has 2 rings (SSSR count). The topological polar surface area (TPSA) is 78.9 Å². The van der Waals surface area contributed by atoms with Crippen molar-refractivity contribution in [3.8, 4) is 0 Å².